The molecule has 1 heterocycles. The minimum atomic E-state index is -3.63. The second-order valence-corrected chi connectivity index (χ2v) is 5.90. The maximum Gasteiger partial charge on any atom is 0.324 e. The van der Waals surface area contributed by atoms with Crippen molar-refractivity contribution < 1.29 is 13.3 Å². The maximum absolute atomic E-state index is 10.6. The van der Waals surface area contributed by atoms with E-state index in [-0.39, 0.29) is 10.8 Å². The van der Waals surface area contributed by atoms with Gasteiger partial charge in [0.15, 0.2) is 0 Å². The lowest BCUT2D eigenvalue weighted by Crippen LogP contribution is -1.92. The van der Waals surface area contributed by atoms with Crippen LogP contribution in [-0.2, 0) is 14.8 Å². The first kappa shape index (κ1) is 10.4. The van der Waals surface area contributed by atoms with Crippen molar-refractivity contribution in [1.82, 2.24) is 0 Å². The molecule has 0 aliphatic rings. The Kier molecular flexibility index (Phi) is 2.89. The highest BCUT2D eigenvalue weighted by atomic mass is 35.7. The van der Waals surface area contributed by atoms with E-state index in [9.17, 15) is 18.5 Å². The summed E-state index contributed by atoms with van der Waals surface area (Å²) >= 11 is 0.876. The molecule has 0 unspecified atom stereocenters. The van der Waals surface area contributed by atoms with E-state index < -0.39 is 14.0 Å². The zero-order valence-corrected chi connectivity index (χ0v) is 8.53. The summed E-state index contributed by atoms with van der Waals surface area (Å²) < 4.78 is 21.2. The Morgan fingerprint density at radius 1 is 1.62 bits per heavy atom. The molecule has 72 valence electrons. The van der Waals surface area contributed by atoms with E-state index in [1.807, 2.05) is 0 Å². The molecule has 0 spiro atoms. The number of hydrogen-bond donors (Lipinski definition) is 0. The topological polar surface area (TPSA) is 77.3 Å². The number of nitrogens with zero attached hydrogens (tertiary/aromatic N) is 1. The van der Waals surface area contributed by atoms with Crippen LogP contribution >= 0.6 is 22.0 Å². The van der Waals surface area contributed by atoms with Crippen molar-refractivity contribution in [3.8, 4) is 0 Å². The SMILES string of the molecule is O=[N+]([O-])c1cc(CS(=O)(=O)Cl)cs1. The molecule has 1 rings (SSSR count). The number of hydrogen-bond acceptors (Lipinski definition) is 5. The maximum atomic E-state index is 10.6. The lowest BCUT2D eigenvalue weighted by molar-refractivity contribution is -0.380. The van der Waals surface area contributed by atoms with Crippen LogP contribution in [0, 0.1) is 10.1 Å². The van der Waals surface area contributed by atoms with Gasteiger partial charge in [-0.3, -0.25) is 10.1 Å². The van der Waals surface area contributed by atoms with Gasteiger partial charge in [0, 0.05) is 22.1 Å². The molecule has 1 aromatic heterocycles. The first-order valence-corrected chi connectivity index (χ1v) is 6.38. The quantitative estimate of drug-likeness (QED) is 0.459. The van der Waals surface area contributed by atoms with Gasteiger partial charge >= 0.3 is 5.00 Å². The molecule has 1 aromatic rings. The summed E-state index contributed by atoms with van der Waals surface area (Å²) in [5.74, 6) is -0.376. The minimum Gasteiger partial charge on any atom is -0.258 e. The van der Waals surface area contributed by atoms with E-state index in [1.165, 1.54) is 11.4 Å². The Hall–Kier alpha value is -0.660. The number of nitro groups is 1. The number of thiophene rings is 1. The molecule has 8 heteroatoms. The summed E-state index contributed by atoms with van der Waals surface area (Å²) in [6, 6.07) is 1.20. The van der Waals surface area contributed by atoms with Crippen LogP contribution in [0.25, 0.3) is 0 Å². The largest absolute Gasteiger partial charge is 0.324 e. The third-order valence-electron chi connectivity index (χ3n) is 1.16. The van der Waals surface area contributed by atoms with Gasteiger partial charge in [0.2, 0.25) is 9.05 Å². The molecule has 0 bridgehead atoms. The highest BCUT2D eigenvalue weighted by Crippen LogP contribution is 2.24. The van der Waals surface area contributed by atoms with Crippen LogP contribution < -0.4 is 0 Å². The van der Waals surface area contributed by atoms with E-state index >= 15 is 0 Å². The van der Waals surface area contributed by atoms with E-state index in [1.54, 1.807) is 0 Å². The minimum absolute atomic E-state index is 0.0877. The van der Waals surface area contributed by atoms with Crippen LogP contribution in [0.15, 0.2) is 11.4 Å². The summed E-state index contributed by atoms with van der Waals surface area (Å²) in [4.78, 5) is 9.64. The Labute approximate surface area is 82.5 Å². The molecule has 0 N–H and O–H groups in total. The normalized spacial score (nSPS) is 11.5. The van der Waals surface area contributed by atoms with Crippen molar-refractivity contribution in [1.29, 1.82) is 0 Å². The highest BCUT2D eigenvalue weighted by molar-refractivity contribution is 8.13. The molecule has 0 aromatic carbocycles. The molecular formula is C5H4ClNO4S2. The molecule has 0 saturated heterocycles. The van der Waals surface area contributed by atoms with Crippen LogP contribution in [0.2, 0.25) is 0 Å². The van der Waals surface area contributed by atoms with Crippen LogP contribution in [0.4, 0.5) is 5.00 Å². The Morgan fingerprint density at radius 3 is 2.62 bits per heavy atom. The smallest absolute Gasteiger partial charge is 0.258 e. The molecule has 5 nitrogen and oxygen atoms in total. The summed E-state index contributed by atoms with van der Waals surface area (Å²) in [6.45, 7) is 0. The third-order valence-corrected chi connectivity index (χ3v) is 3.09. The van der Waals surface area contributed by atoms with Gasteiger partial charge in [-0.1, -0.05) is 11.3 Å². The number of halogens is 1. The summed E-state index contributed by atoms with van der Waals surface area (Å²) in [6.07, 6.45) is 0. The van der Waals surface area contributed by atoms with E-state index in [2.05, 4.69) is 0 Å². The van der Waals surface area contributed by atoms with Crippen LogP contribution in [0.3, 0.4) is 0 Å². The fourth-order valence-electron chi connectivity index (χ4n) is 0.733. The van der Waals surface area contributed by atoms with Crippen LogP contribution in [0.1, 0.15) is 5.56 Å². The molecular weight excluding hydrogens is 238 g/mol. The van der Waals surface area contributed by atoms with Crippen molar-refractivity contribution in [2.75, 3.05) is 0 Å². The van der Waals surface area contributed by atoms with E-state index in [0.29, 0.717) is 5.56 Å². The average Bonchev–Trinajstić information content (AvgIpc) is 2.31. The monoisotopic (exact) mass is 241 g/mol. The highest BCUT2D eigenvalue weighted by Gasteiger charge is 2.13. The molecule has 13 heavy (non-hydrogen) atoms. The fourth-order valence-corrected chi connectivity index (χ4v) is 2.51. The Morgan fingerprint density at radius 2 is 2.23 bits per heavy atom. The zero-order chi connectivity index (χ0) is 10.1. The second-order valence-electron chi connectivity index (χ2n) is 2.23. The summed E-state index contributed by atoms with van der Waals surface area (Å²) in [7, 11) is 1.33. The number of rotatable bonds is 3. The summed E-state index contributed by atoms with van der Waals surface area (Å²) in [5, 5.41) is 11.5. The van der Waals surface area contributed by atoms with Crippen LogP contribution in [0.5, 0.6) is 0 Å². The van der Waals surface area contributed by atoms with Gasteiger partial charge in [-0.05, 0) is 5.56 Å². The lowest BCUT2D eigenvalue weighted by atomic mass is 10.4. The Balaban J connectivity index is 2.87. The standard InChI is InChI=1S/C5H4ClNO4S2/c6-13(10,11)3-4-1-5(7(8)9)12-2-4/h1-2H,3H2. The molecule has 0 aliphatic carbocycles. The molecule has 0 amide bonds. The van der Waals surface area contributed by atoms with Gasteiger partial charge < -0.3 is 0 Å². The third kappa shape index (κ3) is 3.29. The lowest BCUT2D eigenvalue weighted by Gasteiger charge is -1.88. The van der Waals surface area contributed by atoms with Gasteiger partial charge in [0.25, 0.3) is 0 Å². The second kappa shape index (κ2) is 3.60. The van der Waals surface area contributed by atoms with Gasteiger partial charge in [-0.25, -0.2) is 8.42 Å². The Bertz CT molecular complexity index is 423. The fraction of sp³-hybridized carbons (Fsp3) is 0.200. The zero-order valence-electron chi connectivity index (χ0n) is 6.14. The predicted octanol–water partition coefficient (Wildman–Crippen LogP) is 1.72. The summed E-state index contributed by atoms with van der Waals surface area (Å²) in [5.41, 5.74) is 0.340. The van der Waals surface area contributed by atoms with Crippen molar-refractivity contribution >= 4 is 36.1 Å². The molecule has 0 saturated carbocycles. The van der Waals surface area contributed by atoms with Crippen molar-refractivity contribution in [3.05, 3.63) is 27.1 Å². The molecule has 0 radical (unpaired) electrons. The van der Waals surface area contributed by atoms with E-state index in [0.717, 1.165) is 11.3 Å². The van der Waals surface area contributed by atoms with E-state index in [4.69, 9.17) is 10.7 Å². The van der Waals surface area contributed by atoms with Gasteiger partial charge in [0.1, 0.15) is 0 Å². The molecule has 0 fully saturated rings. The molecule has 0 aliphatic heterocycles. The molecule has 0 atom stereocenters. The predicted molar refractivity (Wildman–Crippen MR) is 49.5 cm³/mol. The average molecular weight is 242 g/mol. The van der Waals surface area contributed by atoms with Crippen molar-refractivity contribution in [3.63, 3.8) is 0 Å². The van der Waals surface area contributed by atoms with Crippen molar-refractivity contribution in [2.45, 2.75) is 5.75 Å². The van der Waals surface area contributed by atoms with Crippen molar-refractivity contribution in [2.24, 2.45) is 0 Å². The first-order chi connectivity index (χ1) is 5.88. The first-order valence-electron chi connectivity index (χ1n) is 3.02. The van der Waals surface area contributed by atoms with Crippen LogP contribution in [-0.4, -0.2) is 13.3 Å². The van der Waals surface area contributed by atoms with Gasteiger partial charge in [-0.2, -0.15) is 0 Å². The van der Waals surface area contributed by atoms with Gasteiger partial charge in [0.05, 0.1) is 10.7 Å². The van der Waals surface area contributed by atoms with Gasteiger partial charge in [-0.15, -0.1) is 0 Å².